The molecular formula is C29H27ClN2O5S. The highest BCUT2D eigenvalue weighted by molar-refractivity contribution is 7.92. The summed E-state index contributed by atoms with van der Waals surface area (Å²) in [7, 11) is -2.38. The van der Waals surface area contributed by atoms with E-state index in [9.17, 15) is 13.2 Å². The van der Waals surface area contributed by atoms with Gasteiger partial charge in [-0.2, -0.15) is 0 Å². The van der Waals surface area contributed by atoms with Crippen LogP contribution < -0.4 is 14.2 Å². The molecule has 0 atom stereocenters. The van der Waals surface area contributed by atoms with E-state index < -0.39 is 10.0 Å². The first kappa shape index (κ1) is 27.0. The van der Waals surface area contributed by atoms with Crippen LogP contribution in [0.5, 0.6) is 11.5 Å². The summed E-state index contributed by atoms with van der Waals surface area (Å²) in [6.45, 7) is 0.695. The van der Waals surface area contributed by atoms with Crippen LogP contribution in [0.25, 0.3) is 0 Å². The first-order chi connectivity index (χ1) is 18.3. The normalized spacial score (nSPS) is 11.0. The first-order valence-electron chi connectivity index (χ1n) is 11.8. The van der Waals surface area contributed by atoms with E-state index >= 15 is 0 Å². The van der Waals surface area contributed by atoms with E-state index in [0.29, 0.717) is 30.3 Å². The molecule has 0 bridgehead atoms. The Morgan fingerprint density at radius 3 is 1.95 bits per heavy atom. The number of anilines is 1. The van der Waals surface area contributed by atoms with Crippen molar-refractivity contribution in [1.82, 2.24) is 4.90 Å². The number of ether oxygens (including phenoxy) is 2. The summed E-state index contributed by atoms with van der Waals surface area (Å²) in [5.41, 5.74) is 2.33. The summed E-state index contributed by atoms with van der Waals surface area (Å²) in [4.78, 5) is 14.9. The third-order valence-corrected chi connectivity index (χ3v) is 7.38. The third-order valence-electron chi connectivity index (χ3n) is 5.69. The van der Waals surface area contributed by atoms with Crippen LogP contribution in [0.2, 0.25) is 5.02 Å². The van der Waals surface area contributed by atoms with E-state index in [1.165, 1.54) is 37.4 Å². The zero-order chi connectivity index (χ0) is 27.0. The standard InChI is InChI=1S/C29H27ClN2O5S/c1-36-28-17-12-24(18-27(28)30)31-38(34,35)26-15-13-25(14-16-26)37-21-29(33)32(19-22-8-4-2-5-9-22)20-23-10-6-3-7-11-23/h2-18,31H,19-21H2,1H3. The second kappa shape index (κ2) is 12.5. The number of benzene rings is 4. The topological polar surface area (TPSA) is 84.9 Å². The Kier molecular flexibility index (Phi) is 8.89. The van der Waals surface area contributed by atoms with Crippen molar-refractivity contribution in [2.75, 3.05) is 18.4 Å². The molecular weight excluding hydrogens is 524 g/mol. The maximum Gasteiger partial charge on any atom is 0.261 e. The molecule has 4 aromatic rings. The van der Waals surface area contributed by atoms with Crippen LogP contribution in [0.4, 0.5) is 5.69 Å². The summed E-state index contributed by atoms with van der Waals surface area (Å²) in [5.74, 6) is 0.633. The number of hydrogen-bond donors (Lipinski definition) is 1. The van der Waals surface area contributed by atoms with Gasteiger partial charge in [-0.1, -0.05) is 72.3 Å². The average molecular weight is 551 g/mol. The van der Waals surface area contributed by atoms with Crippen molar-refractivity contribution in [2.45, 2.75) is 18.0 Å². The maximum atomic E-state index is 13.1. The largest absolute Gasteiger partial charge is 0.495 e. The number of hydrogen-bond acceptors (Lipinski definition) is 5. The van der Waals surface area contributed by atoms with E-state index in [-0.39, 0.29) is 22.4 Å². The minimum atomic E-state index is -3.86. The summed E-state index contributed by atoms with van der Waals surface area (Å²) in [6, 6.07) is 30.0. The van der Waals surface area contributed by atoms with E-state index in [1.54, 1.807) is 17.0 Å². The van der Waals surface area contributed by atoms with Crippen LogP contribution >= 0.6 is 11.6 Å². The Hall–Kier alpha value is -4.01. The predicted octanol–water partition coefficient (Wildman–Crippen LogP) is 5.76. The highest BCUT2D eigenvalue weighted by Crippen LogP contribution is 2.28. The molecule has 196 valence electrons. The highest BCUT2D eigenvalue weighted by Gasteiger charge is 2.18. The Morgan fingerprint density at radius 2 is 1.42 bits per heavy atom. The van der Waals surface area contributed by atoms with Crippen LogP contribution in [-0.2, 0) is 27.9 Å². The lowest BCUT2D eigenvalue weighted by Gasteiger charge is -2.23. The molecule has 7 nitrogen and oxygen atoms in total. The van der Waals surface area contributed by atoms with E-state index in [0.717, 1.165) is 11.1 Å². The number of rotatable bonds is 11. The Labute approximate surface area is 227 Å². The summed E-state index contributed by atoms with van der Waals surface area (Å²) < 4.78 is 38.9. The molecule has 0 fully saturated rings. The van der Waals surface area contributed by atoms with Crippen LogP contribution in [0, 0.1) is 0 Å². The average Bonchev–Trinajstić information content (AvgIpc) is 2.93. The Balaban J connectivity index is 1.40. The summed E-state index contributed by atoms with van der Waals surface area (Å²) in [6.07, 6.45) is 0. The van der Waals surface area contributed by atoms with Gasteiger partial charge in [0.05, 0.1) is 22.7 Å². The van der Waals surface area contributed by atoms with Crippen LogP contribution in [0.1, 0.15) is 11.1 Å². The van der Waals surface area contributed by atoms with Crippen LogP contribution in [0.3, 0.4) is 0 Å². The number of methoxy groups -OCH3 is 1. The molecule has 9 heteroatoms. The van der Waals surface area contributed by atoms with Gasteiger partial charge < -0.3 is 14.4 Å². The number of nitrogens with zero attached hydrogens (tertiary/aromatic N) is 1. The molecule has 0 heterocycles. The lowest BCUT2D eigenvalue weighted by atomic mass is 10.1. The van der Waals surface area contributed by atoms with Gasteiger partial charge in [0.15, 0.2) is 6.61 Å². The van der Waals surface area contributed by atoms with Gasteiger partial charge in [0.1, 0.15) is 11.5 Å². The quantitative estimate of drug-likeness (QED) is 0.257. The fourth-order valence-corrected chi connectivity index (χ4v) is 5.04. The molecule has 0 aliphatic carbocycles. The van der Waals surface area contributed by atoms with Gasteiger partial charge in [-0.15, -0.1) is 0 Å². The monoisotopic (exact) mass is 550 g/mol. The van der Waals surface area contributed by atoms with Gasteiger partial charge in [-0.25, -0.2) is 8.42 Å². The molecule has 0 unspecified atom stereocenters. The molecule has 0 aliphatic rings. The molecule has 0 aliphatic heterocycles. The summed E-state index contributed by atoms with van der Waals surface area (Å²) in [5, 5.41) is 0.287. The van der Waals surface area contributed by atoms with Crippen molar-refractivity contribution in [3.05, 3.63) is 119 Å². The van der Waals surface area contributed by atoms with Gasteiger partial charge in [-0.3, -0.25) is 9.52 Å². The number of carbonyl (C=O) groups excluding carboxylic acids is 1. The fraction of sp³-hybridized carbons (Fsp3) is 0.138. The van der Waals surface area contributed by atoms with Gasteiger partial charge in [-0.05, 0) is 53.6 Å². The van der Waals surface area contributed by atoms with Crippen molar-refractivity contribution in [1.29, 1.82) is 0 Å². The lowest BCUT2D eigenvalue weighted by Crippen LogP contribution is -2.34. The molecule has 0 radical (unpaired) electrons. The number of halogens is 1. The maximum absolute atomic E-state index is 13.1. The Bertz CT molecular complexity index is 1420. The molecule has 4 aromatic carbocycles. The van der Waals surface area contributed by atoms with Gasteiger partial charge >= 0.3 is 0 Å². The van der Waals surface area contributed by atoms with Crippen molar-refractivity contribution >= 4 is 33.2 Å². The van der Waals surface area contributed by atoms with Gasteiger partial charge in [0, 0.05) is 13.1 Å². The molecule has 0 saturated heterocycles. The molecule has 1 N–H and O–H groups in total. The molecule has 4 rings (SSSR count). The van der Waals surface area contributed by atoms with Crippen molar-refractivity contribution < 1.29 is 22.7 Å². The molecule has 0 spiro atoms. The van der Waals surface area contributed by atoms with E-state index in [1.807, 2.05) is 60.7 Å². The SMILES string of the molecule is COc1ccc(NS(=O)(=O)c2ccc(OCC(=O)N(Cc3ccccc3)Cc3ccccc3)cc2)cc1Cl. The Morgan fingerprint density at radius 1 is 0.842 bits per heavy atom. The first-order valence-corrected chi connectivity index (χ1v) is 13.6. The smallest absolute Gasteiger partial charge is 0.261 e. The second-order valence-corrected chi connectivity index (χ2v) is 10.5. The van der Waals surface area contributed by atoms with Gasteiger partial charge in [0.25, 0.3) is 15.9 Å². The van der Waals surface area contributed by atoms with Crippen molar-refractivity contribution in [2.24, 2.45) is 0 Å². The lowest BCUT2D eigenvalue weighted by molar-refractivity contribution is -0.134. The van der Waals surface area contributed by atoms with E-state index in [4.69, 9.17) is 21.1 Å². The molecule has 38 heavy (non-hydrogen) atoms. The summed E-state index contributed by atoms with van der Waals surface area (Å²) >= 11 is 6.09. The number of carbonyl (C=O) groups is 1. The minimum absolute atomic E-state index is 0.0397. The zero-order valence-corrected chi connectivity index (χ0v) is 22.3. The van der Waals surface area contributed by atoms with Crippen LogP contribution in [0.15, 0.2) is 108 Å². The van der Waals surface area contributed by atoms with Crippen LogP contribution in [-0.4, -0.2) is 32.9 Å². The number of amides is 1. The molecule has 1 amide bonds. The zero-order valence-electron chi connectivity index (χ0n) is 20.7. The number of sulfonamides is 1. The second-order valence-electron chi connectivity index (χ2n) is 8.44. The molecule has 0 saturated carbocycles. The van der Waals surface area contributed by atoms with Crippen molar-refractivity contribution in [3.63, 3.8) is 0 Å². The predicted molar refractivity (Wildman–Crippen MR) is 148 cm³/mol. The van der Waals surface area contributed by atoms with Crippen molar-refractivity contribution in [3.8, 4) is 11.5 Å². The van der Waals surface area contributed by atoms with Gasteiger partial charge in [0.2, 0.25) is 0 Å². The number of nitrogens with one attached hydrogen (secondary N) is 1. The third kappa shape index (κ3) is 7.27. The minimum Gasteiger partial charge on any atom is -0.495 e. The highest BCUT2D eigenvalue weighted by atomic mass is 35.5. The molecule has 0 aromatic heterocycles. The van der Waals surface area contributed by atoms with E-state index in [2.05, 4.69) is 4.72 Å². The fourth-order valence-electron chi connectivity index (χ4n) is 3.74.